The molecule has 1 saturated heterocycles. The van der Waals surface area contributed by atoms with E-state index in [1.54, 1.807) is 21.1 Å². The zero-order valence-electron chi connectivity index (χ0n) is 20.4. The van der Waals surface area contributed by atoms with Crippen LogP contribution >= 0.6 is 11.3 Å². The quantitative estimate of drug-likeness (QED) is 0.423. The summed E-state index contributed by atoms with van der Waals surface area (Å²) in [5.74, 6) is 0.822. The third-order valence-electron chi connectivity index (χ3n) is 5.74. The van der Waals surface area contributed by atoms with Crippen LogP contribution < -0.4 is 4.74 Å². The summed E-state index contributed by atoms with van der Waals surface area (Å²) in [6.45, 7) is 7.29. The summed E-state index contributed by atoms with van der Waals surface area (Å²) >= 11 is 1.67. The van der Waals surface area contributed by atoms with E-state index in [0.29, 0.717) is 32.7 Å². The molecule has 1 fully saturated rings. The number of benzene rings is 2. The van der Waals surface area contributed by atoms with Gasteiger partial charge in [-0.1, -0.05) is 36.4 Å². The Balaban J connectivity index is 1.40. The second kappa shape index (κ2) is 11.0. The lowest BCUT2D eigenvalue weighted by molar-refractivity contribution is -0.00612. The molecule has 7 nitrogen and oxygen atoms in total. The molecule has 2 amide bonds. The molecule has 2 heterocycles. The number of rotatable bonds is 6. The molecule has 186 valence electrons. The van der Waals surface area contributed by atoms with Gasteiger partial charge in [-0.25, -0.2) is 9.59 Å². The van der Waals surface area contributed by atoms with Crippen LogP contribution in [-0.4, -0.2) is 59.9 Å². The topological polar surface area (TPSA) is 68.3 Å². The molecule has 1 aliphatic rings. The Bertz CT molecular complexity index is 1140. The molecule has 0 aliphatic carbocycles. The number of nitrogens with zero attached hydrogens (tertiary/aromatic N) is 2. The molecule has 1 atom stereocenters. The largest absolute Gasteiger partial charge is 0.493 e. The zero-order valence-corrected chi connectivity index (χ0v) is 21.3. The molecule has 3 aromatic rings. The molecule has 0 spiro atoms. The maximum atomic E-state index is 12.9. The first kappa shape index (κ1) is 24.9. The van der Waals surface area contributed by atoms with Crippen molar-refractivity contribution in [1.29, 1.82) is 0 Å². The maximum Gasteiger partial charge on any atom is 0.410 e. The molecule has 0 unspecified atom stereocenters. The summed E-state index contributed by atoms with van der Waals surface area (Å²) < 4.78 is 18.4. The monoisotopic (exact) mass is 496 g/mol. The average Bonchev–Trinajstić information content (AvgIpc) is 3.32. The average molecular weight is 497 g/mol. The highest BCUT2D eigenvalue weighted by Gasteiger charge is 2.35. The van der Waals surface area contributed by atoms with E-state index in [-0.39, 0.29) is 24.8 Å². The van der Waals surface area contributed by atoms with Gasteiger partial charge in [0.05, 0.1) is 12.6 Å². The first-order valence-electron chi connectivity index (χ1n) is 11.8. The van der Waals surface area contributed by atoms with Gasteiger partial charge < -0.3 is 24.0 Å². The third kappa shape index (κ3) is 6.66. The van der Waals surface area contributed by atoms with E-state index in [9.17, 15) is 9.59 Å². The number of thiophene rings is 1. The van der Waals surface area contributed by atoms with Gasteiger partial charge in [0.25, 0.3) is 0 Å². The van der Waals surface area contributed by atoms with Crippen LogP contribution in [0.4, 0.5) is 9.59 Å². The fraction of sp³-hybridized carbons (Fsp3) is 0.407. The molecule has 0 radical (unpaired) electrons. The highest BCUT2D eigenvalue weighted by atomic mass is 32.1. The molecular formula is C27H32N2O5S. The Labute approximate surface area is 210 Å². The van der Waals surface area contributed by atoms with Gasteiger partial charge in [-0.2, -0.15) is 0 Å². The number of carbonyl (C=O) groups is 2. The van der Waals surface area contributed by atoms with E-state index >= 15 is 0 Å². The molecule has 0 N–H and O–H groups in total. The predicted octanol–water partition coefficient (Wildman–Crippen LogP) is 5.93. The smallest absolute Gasteiger partial charge is 0.410 e. The van der Waals surface area contributed by atoms with Crippen LogP contribution in [0, 0.1) is 0 Å². The standard InChI is InChI=1S/C27H32N2O5S/c1-27(2,3)34-26(31)29-15-14-28(25(30)33-19-20-8-5-4-6-9-20)18-21(29)12-16-32-23-10-7-11-24-22(23)13-17-35-24/h4-11,13,17,21H,12,14-16,18-19H2,1-3H3/t21-/m1/s1. The van der Waals surface area contributed by atoms with Crippen LogP contribution in [0.5, 0.6) is 5.75 Å². The van der Waals surface area contributed by atoms with Gasteiger partial charge in [-0.05, 0) is 49.9 Å². The maximum absolute atomic E-state index is 12.9. The van der Waals surface area contributed by atoms with Gasteiger partial charge in [0.2, 0.25) is 0 Å². The van der Waals surface area contributed by atoms with Gasteiger partial charge in [0.1, 0.15) is 18.0 Å². The number of hydrogen-bond acceptors (Lipinski definition) is 6. The first-order chi connectivity index (χ1) is 16.8. The van der Waals surface area contributed by atoms with Crippen LogP contribution in [-0.2, 0) is 16.1 Å². The number of ether oxygens (including phenoxy) is 3. The van der Waals surface area contributed by atoms with Crippen LogP contribution in [0.25, 0.3) is 10.1 Å². The van der Waals surface area contributed by atoms with Crippen molar-refractivity contribution in [1.82, 2.24) is 9.80 Å². The zero-order chi connectivity index (χ0) is 24.8. The molecule has 1 aliphatic heterocycles. The number of fused-ring (bicyclic) bond motifs is 1. The van der Waals surface area contributed by atoms with E-state index in [4.69, 9.17) is 14.2 Å². The van der Waals surface area contributed by atoms with Crippen molar-refractivity contribution in [3.8, 4) is 5.75 Å². The molecule has 0 saturated carbocycles. The number of hydrogen-bond donors (Lipinski definition) is 0. The van der Waals surface area contributed by atoms with Crippen molar-refractivity contribution in [3.63, 3.8) is 0 Å². The Morgan fingerprint density at radius 2 is 1.80 bits per heavy atom. The number of carbonyl (C=O) groups excluding carboxylic acids is 2. The van der Waals surface area contributed by atoms with Gasteiger partial charge in [-0.3, -0.25) is 0 Å². The van der Waals surface area contributed by atoms with Crippen LogP contribution in [0.1, 0.15) is 32.8 Å². The Kier molecular flexibility index (Phi) is 7.80. The van der Waals surface area contributed by atoms with E-state index < -0.39 is 5.60 Å². The first-order valence-corrected chi connectivity index (χ1v) is 12.7. The Hall–Kier alpha value is -3.26. The normalized spacial score (nSPS) is 16.3. The molecule has 0 bridgehead atoms. The lowest BCUT2D eigenvalue weighted by atomic mass is 10.1. The van der Waals surface area contributed by atoms with E-state index in [2.05, 4.69) is 6.07 Å². The molecular weight excluding hydrogens is 464 g/mol. The molecule has 4 rings (SSSR count). The van der Waals surface area contributed by atoms with Crippen molar-refractivity contribution in [2.75, 3.05) is 26.2 Å². The molecule has 35 heavy (non-hydrogen) atoms. The van der Waals surface area contributed by atoms with Crippen molar-refractivity contribution in [2.24, 2.45) is 0 Å². The molecule has 8 heteroatoms. The minimum atomic E-state index is -0.599. The lowest BCUT2D eigenvalue weighted by Crippen LogP contribution is -2.57. The summed E-state index contributed by atoms with van der Waals surface area (Å²) in [6.07, 6.45) is -0.200. The third-order valence-corrected chi connectivity index (χ3v) is 6.62. The molecule has 2 aromatic carbocycles. The van der Waals surface area contributed by atoms with Gasteiger partial charge >= 0.3 is 12.2 Å². The van der Waals surface area contributed by atoms with E-state index in [1.807, 2.05) is 74.7 Å². The van der Waals surface area contributed by atoms with Crippen molar-refractivity contribution in [2.45, 2.75) is 45.4 Å². The minimum absolute atomic E-state index is 0.213. The minimum Gasteiger partial charge on any atom is -0.493 e. The summed E-state index contributed by atoms with van der Waals surface area (Å²) in [5.41, 5.74) is 0.333. The van der Waals surface area contributed by atoms with E-state index in [0.717, 1.165) is 16.7 Å². The second-order valence-corrected chi connectivity index (χ2v) is 10.5. The summed E-state index contributed by atoms with van der Waals surface area (Å²) in [4.78, 5) is 29.1. The number of piperazine rings is 1. The van der Waals surface area contributed by atoms with Gasteiger partial charge in [-0.15, -0.1) is 11.3 Å². The second-order valence-electron chi connectivity index (χ2n) is 9.54. The highest BCUT2D eigenvalue weighted by molar-refractivity contribution is 7.17. The SMILES string of the molecule is CC(C)(C)OC(=O)N1CCN(C(=O)OCc2ccccc2)C[C@H]1CCOc1cccc2sccc12. The van der Waals surface area contributed by atoms with Crippen molar-refractivity contribution in [3.05, 3.63) is 65.5 Å². The van der Waals surface area contributed by atoms with E-state index in [1.165, 1.54) is 4.70 Å². The lowest BCUT2D eigenvalue weighted by Gasteiger charge is -2.41. The Morgan fingerprint density at radius 1 is 1.00 bits per heavy atom. The summed E-state index contributed by atoms with van der Waals surface area (Å²) in [5, 5.41) is 3.12. The van der Waals surface area contributed by atoms with Crippen LogP contribution in [0.3, 0.4) is 0 Å². The van der Waals surface area contributed by atoms with Gasteiger partial charge in [0, 0.05) is 36.1 Å². The predicted molar refractivity (Wildman–Crippen MR) is 137 cm³/mol. The van der Waals surface area contributed by atoms with Gasteiger partial charge in [0.15, 0.2) is 0 Å². The summed E-state index contributed by atoms with van der Waals surface area (Å²) in [6, 6.07) is 17.4. The number of amides is 2. The van der Waals surface area contributed by atoms with Crippen molar-refractivity contribution >= 4 is 33.6 Å². The highest BCUT2D eigenvalue weighted by Crippen LogP contribution is 2.30. The van der Waals surface area contributed by atoms with Crippen molar-refractivity contribution < 1.29 is 23.8 Å². The molecule has 1 aromatic heterocycles. The summed E-state index contributed by atoms with van der Waals surface area (Å²) in [7, 11) is 0. The van der Waals surface area contributed by atoms with Crippen LogP contribution in [0.2, 0.25) is 0 Å². The fourth-order valence-electron chi connectivity index (χ4n) is 4.04. The fourth-order valence-corrected chi connectivity index (χ4v) is 4.84. The van der Waals surface area contributed by atoms with Crippen LogP contribution in [0.15, 0.2) is 60.0 Å². The Morgan fingerprint density at radius 3 is 2.57 bits per heavy atom.